The quantitative estimate of drug-likeness (QED) is 0.884. The van der Waals surface area contributed by atoms with Gasteiger partial charge in [0.2, 0.25) is 0 Å². The van der Waals surface area contributed by atoms with Crippen LogP contribution in [0.25, 0.3) is 10.2 Å². The van der Waals surface area contributed by atoms with E-state index in [1.54, 1.807) is 11.3 Å². The van der Waals surface area contributed by atoms with Crippen molar-refractivity contribution in [1.82, 2.24) is 9.97 Å². The minimum Gasteiger partial charge on any atom is -0.367 e. The third kappa shape index (κ3) is 3.12. The van der Waals surface area contributed by atoms with Gasteiger partial charge >= 0.3 is 6.18 Å². The lowest BCUT2D eigenvalue weighted by molar-refractivity contribution is -0.182. The molecule has 1 aliphatic rings. The maximum Gasteiger partial charge on any atom is 0.391 e. The number of nitrogens with one attached hydrogen (secondary N) is 1. The second-order valence-corrected chi connectivity index (χ2v) is 6.78. The monoisotopic (exact) mass is 315 g/mol. The number of alkyl halides is 3. The van der Waals surface area contributed by atoms with Gasteiger partial charge in [-0.25, -0.2) is 9.97 Å². The van der Waals surface area contributed by atoms with Crippen LogP contribution in [-0.4, -0.2) is 22.2 Å². The standard InChI is InChI=1S/C14H16F3N3S/c1-8-5-11-12(18-7-19-13(11)21-8)20-10-4-2-3-9(6-10)14(15,16)17/h5,7,9-10H,2-4,6H2,1H3,(H,18,19,20). The predicted octanol–water partition coefficient (Wildman–Crippen LogP) is 4.53. The van der Waals surface area contributed by atoms with E-state index >= 15 is 0 Å². The molecule has 0 spiro atoms. The zero-order valence-electron chi connectivity index (χ0n) is 11.6. The molecule has 3 nitrogen and oxygen atoms in total. The number of halogens is 3. The summed E-state index contributed by atoms with van der Waals surface area (Å²) in [6.45, 7) is 1.98. The van der Waals surface area contributed by atoms with Crippen molar-refractivity contribution in [3.8, 4) is 0 Å². The molecule has 1 fully saturated rings. The second kappa shape index (κ2) is 5.44. The van der Waals surface area contributed by atoms with E-state index in [0.29, 0.717) is 12.2 Å². The summed E-state index contributed by atoms with van der Waals surface area (Å²) in [5, 5.41) is 4.09. The maximum atomic E-state index is 12.9. The van der Waals surface area contributed by atoms with Crippen molar-refractivity contribution in [1.29, 1.82) is 0 Å². The van der Waals surface area contributed by atoms with E-state index in [1.165, 1.54) is 6.33 Å². The van der Waals surface area contributed by atoms with Crippen molar-refractivity contribution in [2.24, 2.45) is 5.92 Å². The Morgan fingerprint density at radius 1 is 1.29 bits per heavy atom. The SMILES string of the molecule is Cc1cc2c(NC3CCCC(C(F)(F)F)C3)ncnc2s1. The van der Waals surface area contributed by atoms with Gasteiger partial charge in [-0.15, -0.1) is 11.3 Å². The third-order valence-electron chi connectivity index (χ3n) is 3.93. The third-order valence-corrected chi connectivity index (χ3v) is 4.89. The Morgan fingerprint density at radius 2 is 2.10 bits per heavy atom. The number of aromatic nitrogens is 2. The van der Waals surface area contributed by atoms with Gasteiger partial charge in [0.05, 0.1) is 11.3 Å². The molecule has 2 aromatic heterocycles. The first-order valence-corrected chi connectivity index (χ1v) is 7.79. The Balaban J connectivity index is 1.79. The summed E-state index contributed by atoms with van der Waals surface area (Å²) >= 11 is 1.56. The van der Waals surface area contributed by atoms with Crippen molar-refractivity contribution in [3.63, 3.8) is 0 Å². The number of hydrogen-bond acceptors (Lipinski definition) is 4. The average molecular weight is 315 g/mol. The van der Waals surface area contributed by atoms with Crippen LogP contribution in [0.4, 0.5) is 19.0 Å². The largest absolute Gasteiger partial charge is 0.391 e. The summed E-state index contributed by atoms with van der Waals surface area (Å²) in [6, 6.07) is 1.80. The van der Waals surface area contributed by atoms with Crippen LogP contribution in [0.2, 0.25) is 0 Å². The summed E-state index contributed by atoms with van der Waals surface area (Å²) in [7, 11) is 0. The highest BCUT2D eigenvalue weighted by atomic mass is 32.1. The number of hydrogen-bond donors (Lipinski definition) is 1. The van der Waals surface area contributed by atoms with E-state index in [0.717, 1.165) is 21.5 Å². The summed E-state index contributed by atoms with van der Waals surface area (Å²) < 4.78 is 38.6. The molecule has 2 atom stereocenters. The highest BCUT2D eigenvalue weighted by Gasteiger charge is 2.42. The van der Waals surface area contributed by atoms with Crippen LogP contribution < -0.4 is 5.32 Å². The van der Waals surface area contributed by atoms with E-state index in [4.69, 9.17) is 0 Å². The Morgan fingerprint density at radius 3 is 2.86 bits per heavy atom. The number of thiophene rings is 1. The number of anilines is 1. The Bertz CT molecular complexity index is 638. The van der Waals surface area contributed by atoms with E-state index < -0.39 is 12.1 Å². The van der Waals surface area contributed by atoms with Gasteiger partial charge in [0.1, 0.15) is 17.0 Å². The van der Waals surface area contributed by atoms with Crippen molar-refractivity contribution in [2.45, 2.75) is 44.8 Å². The highest BCUT2D eigenvalue weighted by Crippen LogP contribution is 2.38. The topological polar surface area (TPSA) is 37.8 Å². The Labute approximate surface area is 124 Å². The van der Waals surface area contributed by atoms with E-state index in [-0.39, 0.29) is 18.9 Å². The molecule has 1 aliphatic carbocycles. The number of nitrogens with zero attached hydrogens (tertiary/aromatic N) is 2. The molecular weight excluding hydrogens is 299 g/mol. The van der Waals surface area contributed by atoms with Crippen molar-refractivity contribution >= 4 is 27.4 Å². The summed E-state index contributed by atoms with van der Waals surface area (Å²) in [4.78, 5) is 10.4. The molecular formula is C14H16F3N3S. The summed E-state index contributed by atoms with van der Waals surface area (Å²) in [5.74, 6) is -0.553. The second-order valence-electron chi connectivity index (χ2n) is 5.54. The summed E-state index contributed by atoms with van der Waals surface area (Å²) in [5.41, 5.74) is 0. The molecule has 0 radical (unpaired) electrons. The molecule has 0 aromatic carbocycles. The number of fused-ring (bicyclic) bond motifs is 1. The smallest absolute Gasteiger partial charge is 0.367 e. The van der Waals surface area contributed by atoms with Gasteiger partial charge in [-0.05, 0) is 32.3 Å². The van der Waals surface area contributed by atoms with E-state index in [9.17, 15) is 13.2 Å². The Hall–Kier alpha value is -1.37. The van der Waals surface area contributed by atoms with Crippen LogP contribution in [0.1, 0.15) is 30.6 Å². The highest BCUT2D eigenvalue weighted by molar-refractivity contribution is 7.18. The van der Waals surface area contributed by atoms with Gasteiger partial charge < -0.3 is 5.32 Å². The van der Waals surface area contributed by atoms with Crippen LogP contribution in [0.3, 0.4) is 0 Å². The first-order valence-electron chi connectivity index (χ1n) is 6.98. The van der Waals surface area contributed by atoms with Crippen molar-refractivity contribution in [3.05, 3.63) is 17.3 Å². The average Bonchev–Trinajstić information content (AvgIpc) is 2.80. The molecule has 0 bridgehead atoms. The van der Waals surface area contributed by atoms with Crippen molar-refractivity contribution < 1.29 is 13.2 Å². The number of rotatable bonds is 2. The molecule has 2 unspecified atom stereocenters. The lowest BCUT2D eigenvalue weighted by Crippen LogP contribution is -2.34. The van der Waals surface area contributed by atoms with E-state index in [1.807, 2.05) is 13.0 Å². The van der Waals surface area contributed by atoms with Gasteiger partial charge in [-0.1, -0.05) is 6.42 Å². The van der Waals surface area contributed by atoms with Gasteiger partial charge in [0.15, 0.2) is 0 Å². The van der Waals surface area contributed by atoms with Gasteiger partial charge in [0, 0.05) is 10.9 Å². The molecule has 21 heavy (non-hydrogen) atoms. The van der Waals surface area contributed by atoms with Gasteiger partial charge in [-0.3, -0.25) is 0 Å². The molecule has 1 saturated carbocycles. The summed E-state index contributed by atoms with van der Waals surface area (Å²) in [6.07, 6.45) is -0.929. The van der Waals surface area contributed by atoms with Crippen LogP contribution in [0.5, 0.6) is 0 Å². The van der Waals surface area contributed by atoms with Crippen LogP contribution in [0.15, 0.2) is 12.4 Å². The zero-order chi connectivity index (χ0) is 15.0. The molecule has 7 heteroatoms. The molecule has 3 rings (SSSR count). The normalized spacial score (nSPS) is 23.4. The van der Waals surface area contributed by atoms with Crippen LogP contribution in [0, 0.1) is 12.8 Å². The minimum absolute atomic E-state index is 0.123. The lowest BCUT2D eigenvalue weighted by Gasteiger charge is -2.31. The van der Waals surface area contributed by atoms with Crippen molar-refractivity contribution in [2.75, 3.05) is 5.32 Å². The molecule has 114 valence electrons. The predicted molar refractivity (Wildman–Crippen MR) is 77.6 cm³/mol. The van der Waals surface area contributed by atoms with Crippen LogP contribution in [-0.2, 0) is 0 Å². The van der Waals surface area contributed by atoms with Gasteiger partial charge in [0.25, 0.3) is 0 Å². The zero-order valence-corrected chi connectivity index (χ0v) is 12.4. The molecule has 2 aromatic rings. The number of aryl methyl sites for hydroxylation is 1. The minimum atomic E-state index is -4.10. The fourth-order valence-electron chi connectivity index (χ4n) is 2.90. The first-order chi connectivity index (χ1) is 9.93. The van der Waals surface area contributed by atoms with E-state index in [2.05, 4.69) is 15.3 Å². The lowest BCUT2D eigenvalue weighted by atomic mass is 9.85. The first kappa shape index (κ1) is 14.6. The molecule has 0 aliphatic heterocycles. The molecule has 2 heterocycles. The molecule has 1 N–H and O–H groups in total. The maximum absolute atomic E-state index is 12.9. The fourth-order valence-corrected chi connectivity index (χ4v) is 3.75. The molecule has 0 saturated heterocycles. The Kier molecular flexibility index (Phi) is 3.77. The fraction of sp³-hybridized carbons (Fsp3) is 0.571. The molecule has 0 amide bonds. The van der Waals surface area contributed by atoms with Crippen LogP contribution >= 0.6 is 11.3 Å². The van der Waals surface area contributed by atoms with Gasteiger partial charge in [-0.2, -0.15) is 13.2 Å².